The lowest BCUT2D eigenvalue weighted by atomic mass is 9.32. The fraction of sp³-hybridized carbons (Fsp3) is 0.500. The van der Waals surface area contributed by atoms with Crippen molar-refractivity contribution in [2.75, 3.05) is 18.0 Å². The van der Waals surface area contributed by atoms with Crippen molar-refractivity contribution in [3.8, 4) is 5.97 Å². The summed E-state index contributed by atoms with van der Waals surface area (Å²) >= 11 is 0. The first kappa shape index (κ1) is 13.3. The summed E-state index contributed by atoms with van der Waals surface area (Å²) in [5.74, 6) is 2.22. The van der Waals surface area contributed by atoms with E-state index in [4.69, 9.17) is 5.26 Å². The summed E-state index contributed by atoms with van der Waals surface area (Å²) < 4.78 is 0. The third-order valence-electron chi connectivity index (χ3n) is 3.67. The first-order valence-corrected chi connectivity index (χ1v) is 6.19. The van der Waals surface area contributed by atoms with E-state index in [0.29, 0.717) is 0 Å². The second-order valence-corrected chi connectivity index (χ2v) is 5.51. The topological polar surface area (TPSA) is 83.1 Å². The zero-order valence-corrected chi connectivity index (χ0v) is 11.0. The average molecular weight is 258 g/mol. The Hall–Kier alpha value is -2.10. The Bertz CT molecular complexity index is 524. The predicted octanol–water partition coefficient (Wildman–Crippen LogP) is 2.15. The van der Waals surface area contributed by atoms with Crippen molar-refractivity contribution >= 4 is 18.2 Å². The second-order valence-electron chi connectivity index (χ2n) is 5.51. The van der Waals surface area contributed by atoms with Crippen molar-refractivity contribution in [1.82, 2.24) is 4.98 Å². The van der Waals surface area contributed by atoms with Crippen molar-refractivity contribution in [2.24, 2.45) is 0 Å². The largest absolute Gasteiger partial charge is 0.369 e. The maximum absolute atomic E-state index is 10.6. The molecule has 0 spiro atoms. The molecular formula is C12H15BN4O2. The van der Waals surface area contributed by atoms with E-state index in [-0.39, 0.29) is 17.8 Å². The Labute approximate surface area is 112 Å². The van der Waals surface area contributed by atoms with Gasteiger partial charge in [0.25, 0.3) is 6.71 Å². The van der Waals surface area contributed by atoms with Gasteiger partial charge in [-0.2, -0.15) is 0 Å². The molecule has 1 aliphatic rings. The normalized spacial score (nSPS) is 17.9. The van der Waals surface area contributed by atoms with Crippen LogP contribution in [-0.4, -0.2) is 29.7 Å². The molecule has 19 heavy (non-hydrogen) atoms. The summed E-state index contributed by atoms with van der Waals surface area (Å²) in [6.45, 7) is 5.73. The SMILES string of the molecule is CC1(C)CN(c2ccc([N+](=O)[O-])nc2)CCB1C#N. The highest BCUT2D eigenvalue weighted by Crippen LogP contribution is 2.37. The zero-order chi connectivity index (χ0) is 14.0. The van der Waals surface area contributed by atoms with Crippen LogP contribution in [0.4, 0.5) is 11.5 Å². The number of hydrogen-bond acceptors (Lipinski definition) is 5. The van der Waals surface area contributed by atoms with Gasteiger partial charge in [-0.05, 0) is 27.6 Å². The molecule has 2 heterocycles. The molecule has 0 aromatic carbocycles. The van der Waals surface area contributed by atoms with Gasteiger partial charge in [-0.3, -0.25) is 0 Å². The van der Waals surface area contributed by atoms with Crippen molar-refractivity contribution in [3.63, 3.8) is 0 Å². The standard InChI is InChI=1S/C12H15BN4O2/c1-12(2)8-16(6-5-13(12)9-14)10-3-4-11(15-7-10)17(18)19/h3-4,7H,5-6,8H2,1-2H3. The van der Waals surface area contributed by atoms with Gasteiger partial charge in [-0.25, -0.2) is 5.26 Å². The first-order chi connectivity index (χ1) is 8.94. The molecule has 1 aliphatic heterocycles. The number of nitrogens with zero attached hydrogens (tertiary/aromatic N) is 4. The summed E-state index contributed by atoms with van der Waals surface area (Å²) in [5.41, 5.74) is 0.870. The van der Waals surface area contributed by atoms with E-state index in [1.54, 1.807) is 6.07 Å². The van der Waals surface area contributed by atoms with Crippen LogP contribution in [0.5, 0.6) is 0 Å². The Balaban J connectivity index is 2.16. The van der Waals surface area contributed by atoms with Crippen molar-refractivity contribution in [3.05, 3.63) is 28.4 Å². The molecule has 0 aliphatic carbocycles. The number of nitro groups is 1. The van der Waals surface area contributed by atoms with Crippen molar-refractivity contribution in [1.29, 1.82) is 5.26 Å². The van der Waals surface area contributed by atoms with Crippen LogP contribution in [0.25, 0.3) is 0 Å². The number of anilines is 1. The number of rotatable bonds is 2. The zero-order valence-electron chi connectivity index (χ0n) is 11.0. The second kappa shape index (κ2) is 4.88. The molecule has 0 unspecified atom stereocenters. The van der Waals surface area contributed by atoms with Crippen LogP contribution in [0.2, 0.25) is 11.6 Å². The average Bonchev–Trinajstić information content (AvgIpc) is 2.37. The fourth-order valence-electron chi connectivity index (χ4n) is 2.49. The Kier molecular flexibility index (Phi) is 3.43. The third-order valence-corrected chi connectivity index (χ3v) is 3.67. The van der Waals surface area contributed by atoms with Gasteiger partial charge in [-0.1, -0.05) is 13.8 Å². The van der Waals surface area contributed by atoms with Crippen LogP contribution in [-0.2, 0) is 0 Å². The maximum atomic E-state index is 10.6. The molecule has 98 valence electrons. The summed E-state index contributed by atoms with van der Waals surface area (Å²) in [6, 6.07) is 3.13. The monoisotopic (exact) mass is 258 g/mol. The lowest BCUT2D eigenvalue weighted by molar-refractivity contribution is -0.389. The molecule has 0 radical (unpaired) electrons. The highest BCUT2D eigenvalue weighted by Gasteiger charge is 2.39. The van der Waals surface area contributed by atoms with Gasteiger partial charge in [0.1, 0.15) is 0 Å². The minimum Gasteiger partial charge on any atom is -0.369 e. The van der Waals surface area contributed by atoms with Crippen LogP contribution in [0.1, 0.15) is 13.8 Å². The molecule has 7 heteroatoms. The fourth-order valence-corrected chi connectivity index (χ4v) is 2.49. The van der Waals surface area contributed by atoms with Gasteiger partial charge in [0, 0.05) is 25.1 Å². The smallest absolute Gasteiger partial charge is 0.363 e. The van der Waals surface area contributed by atoms with E-state index >= 15 is 0 Å². The summed E-state index contributed by atoms with van der Waals surface area (Å²) in [4.78, 5) is 16.0. The minimum absolute atomic E-state index is 0.0507. The van der Waals surface area contributed by atoms with E-state index in [2.05, 4.69) is 29.7 Å². The third kappa shape index (κ3) is 2.68. The van der Waals surface area contributed by atoms with Gasteiger partial charge < -0.3 is 15.0 Å². The lowest BCUT2D eigenvalue weighted by Crippen LogP contribution is -2.46. The molecule has 0 bridgehead atoms. The van der Waals surface area contributed by atoms with E-state index in [9.17, 15) is 10.1 Å². The number of pyridine rings is 1. The van der Waals surface area contributed by atoms with Crippen molar-refractivity contribution in [2.45, 2.75) is 25.5 Å². The van der Waals surface area contributed by atoms with Crippen LogP contribution in [0.3, 0.4) is 0 Å². The van der Waals surface area contributed by atoms with Crippen LogP contribution < -0.4 is 4.90 Å². The van der Waals surface area contributed by atoms with E-state index in [1.165, 1.54) is 12.3 Å². The lowest BCUT2D eigenvalue weighted by Gasteiger charge is -2.40. The Morgan fingerprint density at radius 1 is 1.58 bits per heavy atom. The number of hydrogen-bond donors (Lipinski definition) is 0. The number of nitriles is 1. The molecule has 0 saturated carbocycles. The highest BCUT2D eigenvalue weighted by molar-refractivity contribution is 6.70. The van der Waals surface area contributed by atoms with E-state index in [0.717, 1.165) is 25.1 Å². The summed E-state index contributed by atoms with van der Waals surface area (Å²) in [7, 11) is 0. The van der Waals surface area contributed by atoms with Gasteiger partial charge in [-0.15, -0.1) is 0 Å². The Morgan fingerprint density at radius 2 is 2.32 bits per heavy atom. The summed E-state index contributed by atoms with van der Waals surface area (Å²) in [5, 5.41) is 19.6. The number of aromatic nitrogens is 1. The molecule has 0 amide bonds. The quantitative estimate of drug-likeness (QED) is 0.461. The van der Waals surface area contributed by atoms with Gasteiger partial charge >= 0.3 is 5.82 Å². The minimum atomic E-state index is -0.504. The molecular weight excluding hydrogens is 243 g/mol. The summed E-state index contributed by atoms with van der Waals surface area (Å²) in [6.07, 6.45) is 2.33. The van der Waals surface area contributed by atoms with Crippen LogP contribution in [0.15, 0.2) is 18.3 Å². The maximum Gasteiger partial charge on any atom is 0.363 e. The van der Waals surface area contributed by atoms with Crippen molar-refractivity contribution < 1.29 is 4.92 Å². The van der Waals surface area contributed by atoms with Crippen LogP contribution in [0, 0.1) is 21.3 Å². The van der Waals surface area contributed by atoms with Gasteiger partial charge in [0.15, 0.2) is 6.20 Å². The molecule has 2 rings (SSSR count). The van der Waals surface area contributed by atoms with Gasteiger partial charge in [0.2, 0.25) is 0 Å². The van der Waals surface area contributed by atoms with E-state index < -0.39 is 4.92 Å². The molecule has 1 aromatic heterocycles. The first-order valence-electron chi connectivity index (χ1n) is 6.19. The molecule has 6 nitrogen and oxygen atoms in total. The predicted molar refractivity (Wildman–Crippen MR) is 73.3 cm³/mol. The highest BCUT2D eigenvalue weighted by atomic mass is 16.6. The molecule has 0 N–H and O–H groups in total. The molecule has 0 atom stereocenters. The molecule has 1 fully saturated rings. The van der Waals surface area contributed by atoms with E-state index in [1.807, 2.05) is 0 Å². The molecule has 1 aromatic rings. The van der Waals surface area contributed by atoms with Gasteiger partial charge in [0.05, 0.1) is 5.69 Å². The van der Waals surface area contributed by atoms with Crippen LogP contribution >= 0.6 is 0 Å². The molecule has 1 saturated heterocycles. The Morgan fingerprint density at radius 3 is 2.79 bits per heavy atom.